The summed E-state index contributed by atoms with van der Waals surface area (Å²) >= 11 is 6.49. The summed E-state index contributed by atoms with van der Waals surface area (Å²) in [6.45, 7) is 6.04. The number of nitrogens with zero attached hydrogens (tertiary/aromatic N) is 8. The van der Waals surface area contributed by atoms with Gasteiger partial charge < -0.3 is 10.5 Å². The van der Waals surface area contributed by atoms with Gasteiger partial charge in [-0.3, -0.25) is 14.5 Å². The highest BCUT2D eigenvalue weighted by molar-refractivity contribution is 6.32. The van der Waals surface area contributed by atoms with E-state index >= 15 is 4.79 Å². The molecule has 4 heterocycles. The van der Waals surface area contributed by atoms with Gasteiger partial charge in [-0.1, -0.05) is 50.6 Å². The second-order valence-corrected chi connectivity index (χ2v) is 15.8. The van der Waals surface area contributed by atoms with Crippen molar-refractivity contribution < 1.29 is 31.9 Å². The summed E-state index contributed by atoms with van der Waals surface area (Å²) < 4.78 is 64.8. The molecule has 2 N–H and O–H groups in total. The number of benzene rings is 2. The summed E-state index contributed by atoms with van der Waals surface area (Å²) in [7, 11) is 0. The number of alkyl halides is 4. The number of aliphatic imine (C=N–C) groups is 1. The van der Waals surface area contributed by atoms with Crippen LogP contribution >= 0.6 is 11.6 Å². The third-order valence-corrected chi connectivity index (χ3v) is 10.6. The van der Waals surface area contributed by atoms with Crippen LogP contribution in [0.1, 0.15) is 88.4 Å². The Hall–Kier alpha value is -5.56. The maximum Gasteiger partial charge on any atom is 0.306 e. The minimum atomic E-state index is -3.12. The molecule has 1 saturated carbocycles. The summed E-state index contributed by atoms with van der Waals surface area (Å²) in [4.78, 5) is 38.0. The van der Waals surface area contributed by atoms with Crippen molar-refractivity contribution in [1.29, 1.82) is 5.26 Å². The normalized spacial score (nSPS) is 18.9. The molecule has 1 aliphatic carbocycles. The molecule has 2 aromatic carbocycles. The van der Waals surface area contributed by atoms with Crippen molar-refractivity contribution in [3.8, 4) is 11.8 Å². The van der Waals surface area contributed by atoms with Crippen LogP contribution in [0.5, 0.6) is 0 Å². The average molecular weight is 778 g/mol. The smallest absolute Gasteiger partial charge is 0.306 e. The van der Waals surface area contributed by atoms with E-state index < -0.39 is 65.5 Å². The summed E-state index contributed by atoms with van der Waals surface area (Å²) in [5.41, 5.74) is 5.46. The molecule has 0 unspecified atom stereocenters. The van der Waals surface area contributed by atoms with Gasteiger partial charge >= 0.3 is 5.97 Å². The summed E-state index contributed by atoms with van der Waals surface area (Å²) in [6.07, 6.45) is -0.669. The third kappa shape index (κ3) is 6.64. The predicted molar refractivity (Wildman–Crippen MR) is 194 cm³/mol. The second kappa shape index (κ2) is 13.3. The molecule has 1 fully saturated rings. The Labute approximate surface area is 317 Å². The summed E-state index contributed by atoms with van der Waals surface area (Å²) in [6, 6.07) is 14.1. The SMILES string of the molecule is CC(C)(C)C[C@]1(c2ccc3c(ccc4c(C#N)cnn43)c2)N=C(N)N([C@H](COC(=O)CC2(C(C)(F)F)CC2)c2ccc(Cl)c(-n3ncnc3C(F)F)c2)C1=O. The Balaban J connectivity index is 1.32. The summed E-state index contributed by atoms with van der Waals surface area (Å²) in [5.74, 6) is -5.51. The molecule has 3 aromatic heterocycles. The quantitative estimate of drug-likeness (QED) is 0.107. The number of carbonyl (C=O) groups excluding carboxylic acids is 2. The van der Waals surface area contributed by atoms with E-state index in [-0.39, 0.29) is 41.5 Å². The Morgan fingerprint density at radius 2 is 1.80 bits per heavy atom. The minimum absolute atomic E-state index is 0.00650. The maximum atomic E-state index is 15.1. The van der Waals surface area contributed by atoms with Crippen LogP contribution in [0.15, 0.2) is 66.0 Å². The zero-order chi connectivity index (χ0) is 39.7. The van der Waals surface area contributed by atoms with Gasteiger partial charge in [0.2, 0.25) is 0 Å². The Morgan fingerprint density at radius 1 is 1.07 bits per heavy atom. The van der Waals surface area contributed by atoms with Gasteiger partial charge in [0.1, 0.15) is 19.0 Å². The molecule has 2 atom stereocenters. The van der Waals surface area contributed by atoms with E-state index in [1.54, 1.807) is 28.8 Å². The first-order valence-corrected chi connectivity index (χ1v) is 17.8. The molecule has 1 amide bonds. The first-order chi connectivity index (χ1) is 25.9. The molecule has 7 rings (SSSR count). The van der Waals surface area contributed by atoms with Crippen molar-refractivity contribution in [3.05, 3.63) is 88.6 Å². The van der Waals surface area contributed by atoms with Crippen molar-refractivity contribution in [2.24, 2.45) is 21.6 Å². The Morgan fingerprint density at radius 3 is 2.45 bits per heavy atom. The number of nitrogens with two attached hydrogens (primary N) is 1. The van der Waals surface area contributed by atoms with Gasteiger partial charge in [0.15, 0.2) is 17.3 Å². The molecule has 12 nitrogen and oxygen atoms in total. The molecule has 17 heteroatoms. The molecule has 55 heavy (non-hydrogen) atoms. The van der Waals surface area contributed by atoms with E-state index in [1.165, 1.54) is 29.3 Å². The highest BCUT2D eigenvalue weighted by Gasteiger charge is 2.60. The number of nitriles is 1. The van der Waals surface area contributed by atoms with Crippen LogP contribution in [0.4, 0.5) is 17.6 Å². The van der Waals surface area contributed by atoms with Gasteiger partial charge in [-0.2, -0.15) is 15.5 Å². The topological polar surface area (TPSA) is 157 Å². The molecule has 286 valence electrons. The average Bonchev–Trinajstić information content (AvgIpc) is 3.44. The molecule has 1 aliphatic heterocycles. The van der Waals surface area contributed by atoms with Gasteiger partial charge in [0.05, 0.1) is 46.0 Å². The standard InChI is InChI=1S/C38H36ClF4N9O3/c1-35(2,3)19-38(24-7-10-26-21(13-24)6-9-27-23(16-44)17-47-51(26)27)33(54)50(34(45)49-38)29(18-55-30(53)15-37(11-12-37)36(4,42)43)22-5-8-25(39)28(14-22)52-32(31(40)41)46-20-48-52/h5-10,13-14,17,20,29,31H,11-12,15,18-19H2,1-4H3,(H2,45,49)/t29-,38-/m1/s1. The molecule has 5 aromatic rings. The molecule has 0 saturated heterocycles. The fourth-order valence-electron chi connectivity index (χ4n) is 7.40. The Bertz CT molecular complexity index is 2420. The van der Waals surface area contributed by atoms with Crippen LogP contribution in [-0.2, 0) is 19.9 Å². The van der Waals surface area contributed by atoms with Gasteiger partial charge in [0.25, 0.3) is 18.3 Å². The summed E-state index contributed by atoms with van der Waals surface area (Å²) in [5, 5.41) is 18.5. The fraction of sp³-hybridized carbons (Fsp3) is 0.395. The largest absolute Gasteiger partial charge is 0.463 e. The van der Waals surface area contributed by atoms with Crippen LogP contribution in [0.2, 0.25) is 5.02 Å². The van der Waals surface area contributed by atoms with Gasteiger partial charge in [0, 0.05) is 10.8 Å². The zero-order valence-corrected chi connectivity index (χ0v) is 31.0. The second-order valence-electron chi connectivity index (χ2n) is 15.4. The van der Waals surface area contributed by atoms with Gasteiger partial charge in [-0.25, -0.2) is 36.7 Å². The maximum absolute atomic E-state index is 15.1. The van der Waals surface area contributed by atoms with Crippen LogP contribution in [0.25, 0.3) is 22.1 Å². The number of halogens is 5. The number of esters is 1. The number of carbonyl (C=O) groups is 2. The van der Waals surface area contributed by atoms with Crippen LogP contribution in [-0.4, -0.2) is 59.6 Å². The highest BCUT2D eigenvalue weighted by atomic mass is 35.5. The number of amides is 1. The number of fused-ring (bicyclic) bond motifs is 3. The first-order valence-electron chi connectivity index (χ1n) is 17.4. The molecule has 0 radical (unpaired) electrons. The lowest BCUT2D eigenvalue weighted by Crippen LogP contribution is -2.47. The lowest BCUT2D eigenvalue weighted by Gasteiger charge is -2.35. The third-order valence-electron chi connectivity index (χ3n) is 10.3. The molecule has 0 bridgehead atoms. The number of hydrogen-bond donors (Lipinski definition) is 1. The van der Waals surface area contributed by atoms with E-state index in [9.17, 15) is 27.6 Å². The van der Waals surface area contributed by atoms with Crippen molar-refractivity contribution >= 4 is 45.9 Å². The van der Waals surface area contributed by atoms with Crippen LogP contribution < -0.4 is 5.73 Å². The van der Waals surface area contributed by atoms with Crippen molar-refractivity contribution in [2.45, 2.75) is 77.3 Å². The Kier molecular flexibility index (Phi) is 9.15. The molecule has 0 spiro atoms. The van der Waals surface area contributed by atoms with Crippen molar-refractivity contribution in [3.63, 3.8) is 0 Å². The van der Waals surface area contributed by atoms with Crippen molar-refractivity contribution in [2.75, 3.05) is 6.61 Å². The van der Waals surface area contributed by atoms with E-state index in [2.05, 4.69) is 21.3 Å². The monoisotopic (exact) mass is 777 g/mol. The zero-order valence-electron chi connectivity index (χ0n) is 30.2. The number of aromatic nitrogens is 5. The van der Waals surface area contributed by atoms with E-state index in [0.717, 1.165) is 17.9 Å². The van der Waals surface area contributed by atoms with Crippen LogP contribution in [0, 0.1) is 22.2 Å². The molecule has 2 aliphatic rings. The van der Waals surface area contributed by atoms with Gasteiger partial charge in [-0.15, -0.1) is 0 Å². The predicted octanol–water partition coefficient (Wildman–Crippen LogP) is 7.43. The first kappa shape index (κ1) is 37.7. The highest BCUT2D eigenvalue weighted by Crippen LogP contribution is 2.59. The lowest BCUT2D eigenvalue weighted by atomic mass is 9.75. The minimum Gasteiger partial charge on any atom is -0.463 e. The van der Waals surface area contributed by atoms with E-state index in [1.807, 2.05) is 26.8 Å². The van der Waals surface area contributed by atoms with Gasteiger partial charge in [-0.05, 0) is 73.1 Å². The number of pyridine rings is 1. The van der Waals surface area contributed by atoms with Crippen LogP contribution in [0.3, 0.4) is 0 Å². The van der Waals surface area contributed by atoms with E-state index in [4.69, 9.17) is 27.1 Å². The number of rotatable bonds is 11. The molecular weight excluding hydrogens is 742 g/mol. The molecular formula is C38H36ClF4N9O3. The fourth-order valence-corrected chi connectivity index (χ4v) is 7.60. The van der Waals surface area contributed by atoms with E-state index in [0.29, 0.717) is 27.5 Å². The number of guanidine groups is 1. The number of hydrogen-bond acceptors (Lipinski definition) is 9. The van der Waals surface area contributed by atoms with Crippen molar-refractivity contribution in [1.82, 2.24) is 29.3 Å². The lowest BCUT2D eigenvalue weighted by molar-refractivity contribution is -0.153. The number of ether oxygens (including phenoxy) is 1.